The number of methoxy groups -OCH3 is 1. The smallest absolute Gasteiger partial charge is 0.277 e. The Bertz CT molecular complexity index is 723. The molecule has 0 aliphatic rings. The third kappa shape index (κ3) is 5.35. The highest BCUT2D eigenvalue weighted by molar-refractivity contribution is 9.11. The molecular formula is C17H16Br2N2O3. The lowest BCUT2D eigenvalue weighted by Gasteiger charge is -2.07. The van der Waals surface area contributed by atoms with Crippen LogP contribution in [0.25, 0.3) is 0 Å². The van der Waals surface area contributed by atoms with E-state index < -0.39 is 0 Å². The monoisotopic (exact) mass is 454 g/mol. The highest BCUT2D eigenvalue weighted by Crippen LogP contribution is 2.33. The summed E-state index contributed by atoms with van der Waals surface area (Å²) in [6.45, 7) is 1.89. The minimum Gasteiger partial charge on any atom is -0.494 e. The number of hydrogen-bond acceptors (Lipinski definition) is 4. The molecule has 0 spiro atoms. The van der Waals surface area contributed by atoms with Crippen molar-refractivity contribution in [3.8, 4) is 11.5 Å². The summed E-state index contributed by atoms with van der Waals surface area (Å²) in [5.74, 6) is 1.00. The standard InChI is InChI=1S/C17H16Br2N2O3/c1-11-3-5-13(6-4-11)24-10-16(22)21-20-9-12-7-14(18)17(23-2)15(19)8-12/h3-9H,10H2,1-2H3,(H,21,22)/b20-9+. The van der Waals surface area contributed by atoms with Crippen LogP contribution in [0, 0.1) is 6.92 Å². The molecule has 0 atom stereocenters. The minimum atomic E-state index is -0.335. The first-order chi connectivity index (χ1) is 11.5. The van der Waals surface area contributed by atoms with Gasteiger partial charge in [0.05, 0.1) is 22.3 Å². The molecule has 0 saturated carbocycles. The molecule has 0 aliphatic carbocycles. The molecule has 126 valence electrons. The van der Waals surface area contributed by atoms with Crippen molar-refractivity contribution in [2.45, 2.75) is 6.92 Å². The van der Waals surface area contributed by atoms with Gasteiger partial charge in [0.25, 0.3) is 5.91 Å². The first kappa shape index (κ1) is 18.5. The van der Waals surface area contributed by atoms with Crippen LogP contribution >= 0.6 is 31.9 Å². The van der Waals surface area contributed by atoms with Crippen LogP contribution in [-0.2, 0) is 4.79 Å². The average Bonchev–Trinajstić information content (AvgIpc) is 2.54. The molecule has 0 unspecified atom stereocenters. The van der Waals surface area contributed by atoms with Gasteiger partial charge in [0.2, 0.25) is 0 Å². The van der Waals surface area contributed by atoms with Crippen molar-refractivity contribution >= 4 is 44.0 Å². The maximum atomic E-state index is 11.7. The number of hydrogen-bond donors (Lipinski definition) is 1. The number of nitrogens with zero attached hydrogens (tertiary/aromatic N) is 1. The predicted molar refractivity (Wildman–Crippen MR) is 101 cm³/mol. The van der Waals surface area contributed by atoms with Crippen LogP contribution in [0.3, 0.4) is 0 Å². The summed E-state index contributed by atoms with van der Waals surface area (Å²) in [6.07, 6.45) is 1.54. The van der Waals surface area contributed by atoms with Gasteiger partial charge in [-0.1, -0.05) is 17.7 Å². The Morgan fingerprint density at radius 2 is 1.83 bits per heavy atom. The van der Waals surface area contributed by atoms with Crippen molar-refractivity contribution in [2.75, 3.05) is 13.7 Å². The normalized spacial score (nSPS) is 10.7. The lowest BCUT2D eigenvalue weighted by molar-refractivity contribution is -0.123. The van der Waals surface area contributed by atoms with E-state index in [1.807, 2.05) is 43.3 Å². The number of aryl methyl sites for hydroxylation is 1. The Kier molecular flexibility index (Phi) is 6.81. The van der Waals surface area contributed by atoms with Crippen LogP contribution in [0.1, 0.15) is 11.1 Å². The van der Waals surface area contributed by atoms with Crippen LogP contribution in [0.4, 0.5) is 0 Å². The number of benzene rings is 2. The molecule has 7 heteroatoms. The van der Waals surface area contributed by atoms with Gasteiger partial charge >= 0.3 is 0 Å². The van der Waals surface area contributed by atoms with Crippen molar-refractivity contribution in [1.82, 2.24) is 5.43 Å². The van der Waals surface area contributed by atoms with Gasteiger partial charge < -0.3 is 9.47 Å². The van der Waals surface area contributed by atoms with E-state index in [4.69, 9.17) is 9.47 Å². The van der Waals surface area contributed by atoms with Gasteiger partial charge in [0.1, 0.15) is 11.5 Å². The van der Waals surface area contributed by atoms with Gasteiger partial charge in [-0.3, -0.25) is 4.79 Å². The zero-order valence-electron chi connectivity index (χ0n) is 13.2. The zero-order chi connectivity index (χ0) is 17.5. The quantitative estimate of drug-likeness (QED) is 0.527. The van der Waals surface area contributed by atoms with Crippen LogP contribution in [0.5, 0.6) is 11.5 Å². The van der Waals surface area contributed by atoms with Gasteiger partial charge in [-0.2, -0.15) is 5.10 Å². The highest BCUT2D eigenvalue weighted by atomic mass is 79.9. The molecule has 0 aliphatic heterocycles. The molecule has 0 saturated heterocycles. The molecule has 1 amide bonds. The number of rotatable bonds is 6. The second kappa shape index (κ2) is 8.84. The second-order valence-electron chi connectivity index (χ2n) is 4.91. The van der Waals surface area contributed by atoms with E-state index in [9.17, 15) is 4.79 Å². The molecule has 0 bridgehead atoms. The number of hydrazone groups is 1. The summed E-state index contributed by atoms with van der Waals surface area (Å²) < 4.78 is 12.2. The Morgan fingerprint density at radius 1 is 1.21 bits per heavy atom. The summed E-state index contributed by atoms with van der Waals surface area (Å²) in [5.41, 5.74) is 4.36. The molecule has 0 radical (unpaired) electrons. The maximum absolute atomic E-state index is 11.7. The van der Waals surface area contributed by atoms with E-state index in [1.54, 1.807) is 13.3 Å². The summed E-state index contributed by atoms with van der Waals surface area (Å²) in [7, 11) is 1.59. The van der Waals surface area contributed by atoms with Gasteiger partial charge in [-0.25, -0.2) is 5.43 Å². The number of carbonyl (C=O) groups is 1. The van der Waals surface area contributed by atoms with E-state index in [-0.39, 0.29) is 12.5 Å². The summed E-state index contributed by atoms with van der Waals surface area (Å²) in [5, 5.41) is 3.92. The molecule has 5 nitrogen and oxygen atoms in total. The Morgan fingerprint density at radius 3 is 2.42 bits per heavy atom. The molecule has 1 N–H and O–H groups in total. The fraction of sp³-hybridized carbons (Fsp3) is 0.176. The lowest BCUT2D eigenvalue weighted by atomic mass is 10.2. The molecule has 2 aromatic carbocycles. The average molecular weight is 456 g/mol. The van der Waals surface area contributed by atoms with Crippen molar-refractivity contribution in [3.05, 3.63) is 56.5 Å². The second-order valence-corrected chi connectivity index (χ2v) is 6.62. The van der Waals surface area contributed by atoms with Gasteiger partial charge in [0.15, 0.2) is 6.61 Å². The molecule has 0 fully saturated rings. The predicted octanol–water partition coefficient (Wildman–Crippen LogP) is 4.06. The fourth-order valence-corrected chi connectivity index (χ4v) is 3.39. The number of halogens is 2. The van der Waals surface area contributed by atoms with Crippen molar-refractivity contribution in [3.63, 3.8) is 0 Å². The SMILES string of the molecule is COc1c(Br)cc(/C=N/NC(=O)COc2ccc(C)cc2)cc1Br. The van der Waals surface area contributed by atoms with Gasteiger partial charge in [0, 0.05) is 0 Å². The molecule has 2 aromatic rings. The number of carbonyl (C=O) groups excluding carboxylic acids is 1. The van der Waals surface area contributed by atoms with Crippen LogP contribution in [0.2, 0.25) is 0 Å². The summed E-state index contributed by atoms with van der Waals surface area (Å²) in [4.78, 5) is 11.7. The van der Waals surface area contributed by atoms with Crippen molar-refractivity contribution < 1.29 is 14.3 Å². The van der Waals surface area contributed by atoms with Gasteiger partial charge in [-0.05, 0) is 68.6 Å². The molecule has 24 heavy (non-hydrogen) atoms. The molecule has 0 heterocycles. The first-order valence-corrected chi connectivity index (χ1v) is 8.62. The zero-order valence-corrected chi connectivity index (χ0v) is 16.3. The molecule has 0 aromatic heterocycles. The highest BCUT2D eigenvalue weighted by Gasteiger charge is 2.07. The van der Waals surface area contributed by atoms with Crippen LogP contribution in [-0.4, -0.2) is 25.8 Å². The Hall–Kier alpha value is -1.86. The fourth-order valence-electron chi connectivity index (χ4n) is 1.84. The van der Waals surface area contributed by atoms with Gasteiger partial charge in [-0.15, -0.1) is 0 Å². The third-order valence-electron chi connectivity index (χ3n) is 3.02. The molecule has 2 rings (SSSR count). The van der Waals surface area contributed by atoms with Crippen molar-refractivity contribution in [2.24, 2.45) is 5.10 Å². The number of ether oxygens (including phenoxy) is 2. The van der Waals surface area contributed by atoms with E-state index in [2.05, 4.69) is 42.4 Å². The van der Waals surface area contributed by atoms with E-state index in [0.717, 1.165) is 20.1 Å². The summed E-state index contributed by atoms with van der Waals surface area (Å²) in [6, 6.07) is 11.1. The van der Waals surface area contributed by atoms with E-state index >= 15 is 0 Å². The van der Waals surface area contributed by atoms with E-state index in [1.165, 1.54) is 0 Å². The topological polar surface area (TPSA) is 59.9 Å². The summed E-state index contributed by atoms with van der Waals surface area (Å²) >= 11 is 6.82. The number of nitrogens with one attached hydrogen (secondary N) is 1. The van der Waals surface area contributed by atoms with Crippen molar-refractivity contribution in [1.29, 1.82) is 0 Å². The number of amides is 1. The Labute approximate surface area is 157 Å². The van der Waals surface area contributed by atoms with E-state index in [0.29, 0.717) is 11.5 Å². The third-order valence-corrected chi connectivity index (χ3v) is 4.20. The largest absolute Gasteiger partial charge is 0.494 e. The minimum absolute atomic E-state index is 0.101. The van der Waals surface area contributed by atoms with Crippen LogP contribution in [0.15, 0.2) is 50.4 Å². The maximum Gasteiger partial charge on any atom is 0.277 e. The van der Waals surface area contributed by atoms with Crippen LogP contribution < -0.4 is 14.9 Å². The Balaban J connectivity index is 1.87. The lowest BCUT2D eigenvalue weighted by Crippen LogP contribution is -2.24. The first-order valence-electron chi connectivity index (χ1n) is 7.04. The molecular weight excluding hydrogens is 440 g/mol.